The van der Waals surface area contributed by atoms with Crippen LogP contribution in [0.4, 0.5) is 0 Å². The Morgan fingerprint density at radius 3 is 2.46 bits per heavy atom. The van der Waals surface area contributed by atoms with Crippen molar-refractivity contribution in [3.05, 3.63) is 23.3 Å². The molecular formula is C12H20O. The van der Waals surface area contributed by atoms with Gasteiger partial charge < -0.3 is 5.11 Å². The molecule has 1 nitrogen and oxygen atoms in total. The van der Waals surface area contributed by atoms with Crippen molar-refractivity contribution in [2.24, 2.45) is 5.92 Å². The Morgan fingerprint density at radius 2 is 2.00 bits per heavy atom. The minimum atomic E-state index is -0.590. The fourth-order valence-electron chi connectivity index (χ4n) is 2.13. The fourth-order valence-corrected chi connectivity index (χ4v) is 2.13. The summed E-state index contributed by atoms with van der Waals surface area (Å²) in [5.41, 5.74) is 1.86. The summed E-state index contributed by atoms with van der Waals surface area (Å²) in [6.45, 7) is 8.36. The molecule has 0 fully saturated rings. The largest absolute Gasteiger partial charge is 0.385 e. The summed E-state index contributed by atoms with van der Waals surface area (Å²) in [5.74, 6) is 0.262. The van der Waals surface area contributed by atoms with Crippen LogP contribution in [0.2, 0.25) is 0 Å². The number of allylic oxidation sites excluding steroid dienone is 2. The Bertz CT molecular complexity index is 250. The molecule has 2 unspecified atom stereocenters. The lowest BCUT2D eigenvalue weighted by Gasteiger charge is -2.38. The summed E-state index contributed by atoms with van der Waals surface area (Å²) in [6.07, 6.45) is 5.96. The molecule has 0 amide bonds. The van der Waals surface area contributed by atoms with Gasteiger partial charge in [-0.1, -0.05) is 38.5 Å². The van der Waals surface area contributed by atoms with Gasteiger partial charge in [0, 0.05) is 5.92 Å². The quantitative estimate of drug-likeness (QED) is 0.692. The van der Waals surface area contributed by atoms with Gasteiger partial charge in [0.25, 0.3) is 0 Å². The summed E-state index contributed by atoms with van der Waals surface area (Å²) in [5, 5.41) is 10.5. The standard InChI is InChI=1S/C12H20O/c1-5-11-8-7-9(3)10(4)12(11,13)6-2/h7-8,10,13H,5-6H2,1-4H3. The second kappa shape index (κ2) is 3.67. The molecule has 0 aliphatic heterocycles. The molecule has 0 saturated carbocycles. The first kappa shape index (κ1) is 10.5. The molecular weight excluding hydrogens is 160 g/mol. The molecule has 0 aromatic rings. The molecule has 13 heavy (non-hydrogen) atoms. The summed E-state index contributed by atoms with van der Waals surface area (Å²) in [6, 6.07) is 0. The maximum absolute atomic E-state index is 10.5. The molecule has 0 aromatic heterocycles. The van der Waals surface area contributed by atoms with Crippen LogP contribution in [0.15, 0.2) is 23.3 Å². The van der Waals surface area contributed by atoms with Gasteiger partial charge in [0.1, 0.15) is 0 Å². The highest BCUT2D eigenvalue weighted by atomic mass is 16.3. The summed E-state index contributed by atoms with van der Waals surface area (Å²) >= 11 is 0. The van der Waals surface area contributed by atoms with Crippen LogP contribution in [0.25, 0.3) is 0 Å². The van der Waals surface area contributed by atoms with Crippen molar-refractivity contribution in [1.82, 2.24) is 0 Å². The zero-order chi connectivity index (χ0) is 10.1. The zero-order valence-corrected chi connectivity index (χ0v) is 9.09. The molecule has 0 spiro atoms. The first-order valence-corrected chi connectivity index (χ1v) is 5.16. The maximum atomic E-state index is 10.5. The summed E-state index contributed by atoms with van der Waals surface area (Å²) in [7, 11) is 0. The van der Waals surface area contributed by atoms with E-state index in [-0.39, 0.29) is 5.92 Å². The molecule has 0 bridgehead atoms. The van der Waals surface area contributed by atoms with Crippen LogP contribution in [0.5, 0.6) is 0 Å². The van der Waals surface area contributed by atoms with Gasteiger partial charge >= 0.3 is 0 Å². The molecule has 0 aromatic carbocycles. The van der Waals surface area contributed by atoms with E-state index < -0.39 is 5.60 Å². The molecule has 1 aliphatic carbocycles. The molecule has 1 heteroatoms. The normalized spacial score (nSPS) is 34.1. The lowest BCUT2D eigenvalue weighted by atomic mass is 9.72. The lowest BCUT2D eigenvalue weighted by molar-refractivity contribution is 0.0299. The lowest BCUT2D eigenvalue weighted by Crippen LogP contribution is -2.39. The molecule has 1 N–H and O–H groups in total. The Labute approximate surface area is 81.2 Å². The molecule has 1 rings (SSSR count). The van der Waals surface area contributed by atoms with Crippen LogP contribution in [-0.4, -0.2) is 10.7 Å². The zero-order valence-electron chi connectivity index (χ0n) is 9.09. The van der Waals surface area contributed by atoms with Crippen molar-refractivity contribution in [3.63, 3.8) is 0 Å². The maximum Gasteiger partial charge on any atom is 0.0919 e. The van der Waals surface area contributed by atoms with Crippen molar-refractivity contribution in [2.45, 2.75) is 46.1 Å². The Hall–Kier alpha value is -0.560. The monoisotopic (exact) mass is 180 g/mol. The van der Waals surface area contributed by atoms with Crippen molar-refractivity contribution in [3.8, 4) is 0 Å². The average Bonchev–Trinajstić information content (AvgIpc) is 2.15. The Kier molecular flexibility index (Phi) is 2.97. The Balaban J connectivity index is 3.06. The van der Waals surface area contributed by atoms with E-state index in [9.17, 15) is 5.11 Å². The number of hydrogen-bond acceptors (Lipinski definition) is 1. The average molecular weight is 180 g/mol. The fraction of sp³-hybridized carbons (Fsp3) is 0.667. The SMILES string of the molecule is CCC1=CC=C(C)C(C)C1(O)CC. The number of aliphatic hydroxyl groups is 1. The van der Waals surface area contributed by atoms with Crippen LogP contribution in [-0.2, 0) is 0 Å². The van der Waals surface area contributed by atoms with Crippen LogP contribution >= 0.6 is 0 Å². The van der Waals surface area contributed by atoms with E-state index in [1.807, 2.05) is 0 Å². The molecule has 0 saturated heterocycles. The molecule has 1 aliphatic rings. The van der Waals surface area contributed by atoms with Crippen molar-refractivity contribution >= 4 is 0 Å². The van der Waals surface area contributed by atoms with Crippen molar-refractivity contribution in [1.29, 1.82) is 0 Å². The summed E-state index contributed by atoms with van der Waals surface area (Å²) < 4.78 is 0. The second-order valence-electron chi connectivity index (χ2n) is 3.96. The van der Waals surface area contributed by atoms with E-state index in [1.54, 1.807) is 0 Å². The van der Waals surface area contributed by atoms with E-state index in [1.165, 1.54) is 11.1 Å². The van der Waals surface area contributed by atoms with Crippen LogP contribution < -0.4 is 0 Å². The van der Waals surface area contributed by atoms with Gasteiger partial charge in [-0.2, -0.15) is 0 Å². The first-order chi connectivity index (χ1) is 6.06. The molecule has 2 atom stereocenters. The van der Waals surface area contributed by atoms with Gasteiger partial charge in [-0.05, 0) is 25.3 Å². The predicted octanol–water partition coefficient (Wildman–Crippen LogP) is 3.06. The highest BCUT2D eigenvalue weighted by Crippen LogP contribution is 2.38. The topological polar surface area (TPSA) is 20.2 Å². The van der Waals surface area contributed by atoms with Crippen molar-refractivity contribution in [2.75, 3.05) is 0 Å². The number of hydrogen-bond donors (Lipinski definition) is 1. The Morgan fingerprint density at radius 1 is 1.38 bits per heavy atom. The predicted molar refractivity (Wildman–Crippen MR) is 56.5 cm³/mol. The number of rotatable bonds is 2. The third-order valence-electron chi connectivity index (χ3n) is 3.42. The first-order valence-electron chi connectivity index (χ1n) is 5.16. The minimum absolute atomic E-state index is 0.262. The van der Waals surface area contributed by atoms with E-state index in [0.717, 1.165) is 12.8 Å². The smallest absolute Gasteiger partial charge is 0.0919 e. The minimum Gasteiger partial charge on any atom is -0.385 e. The second-order valence-corrected chi connectivity index (χ2v) is 3.96. The molecule has 0 radical (unpaired) electrons. The highest BCUT2D eigenvalue weighted by Gasteiger charge is 2.37. The van der Waals surface area contributed by atoms with Gasteiger partial charge in [0.05, 0.1) is 5.60 Å². The van der Waals surface area contributed by atoms with Crippen LogP contribution in [0.3, 0.4) is 0 Å². The van der Waals surface area contributed by atoms with Gasteiger partial charge in [-0.3, -0.25) is 0 Å². The van der Waals surface area contributed by atoms with Crippen molar-refractivity contribution < 1.29 is 5.11 Å². The van der Waals surface area contributed by atoms with Gasteiger partial charge in [0.15, 0.2) is 0 Å². The van der Waals surface area contributed by atoms with Gasteiger partial charge in [-0.25, -0.2) is 0 Å². The van der Waals surface area contributed by atoms with E-state index in [2.05, 4.69) is 39.8 Å². The van der Waals surface area contributed by atoms with Crippen LogP contribution in [0, 0.1) is 5.92 Å². The van der Waals surface area contributed by atoms with Gasteiger partial charge in [0.2, 0.25) is 0 Å². The van der Waals surface area contributed by atoms with E-state index in [0.29, 0.717) is 0 Å². The summed E-state index contributed by atoms with van der Waals surface area (Å²) in [4.78, 5) is 0. The van der Waals surface area contributed by atoms with Gasteiger partial charge in [-0.15, -0.1) is 0 Å². The van der Waals surface area contributed by atoms with E-state index in [4.69, 9.17) is 0 Å². The third kappa shape index (κ3) is 1.58. The molecule has 0 heterocycles. The molecule has 74 valence electrons. The van der Waals surface area contributed by atoms with Crippen LogP contribution in [0.1, 0.15) is 40.5 Å². The highest BCUT2D eigenvalue weighted by molar-refractivity contribution is 5.33. The van der Waals surface area contributed by atoms with E-state index >= 15 is 0 Å². The third-order valence-corrected chi connectivity index (χ3v) is 3.42.